The fraction of sp³-hybridized carbons (Fsp3) is 0.613. The first kappa shape index (κ1) is 29.3. The lowest BCUT2D eigenvalue weighted by atomic mass is 9.84. The number of aliphatic hydroxyl groups is 1. The molecule has 10 nitrogen and oxygen atoms in total. The number of nitrogens with one attached hydrogen (secondary N) is 1. The van der Waals surface area contributed by atoms with Crippen LogP contribution < -0.4 is 14.8 Å². The molecule has 41 heavy (non-hydrogen) atoms. The van der Waals surface area contributed by atoms with Crippen molar-refractivity contribution in [2.45, 2.75) is 76.5 Å². The maximum Gasteiger partial charge on any atom is 0.248 e. The molecule has 0 spiro atoms. The Hall–Kier alpha value is -3.24. The van der Waals surface area contributed by atoms with E-state index < -0.39 is 6.61 Å². The first-order chi connectivity index (χ1) is 19.9. The van der Waals surface area contributed by atoms with Crippen LogP contribution in [0.1, 0.15) is 74.7 Å². The van der Waals surface area contributed by atoms with Crippen molar-refractivity contribution in [2.75, 3.05) is 39.9 Å². The molecule has 2 amide bonds. The van der Waals surface area contributed by atoms with Crippen molar-refractivity contribution in [3.05, 3.63) is 47.3 Å². The molecule has 1 aliphatic carbocycles. The molecule has 2 atom stereocenters. The Morgan fingerprint density at radius 3 is 2.32 bits per heavy atom. The second kappa shape index (κ2) is 13.2. The van der Waals surface area contributed by atoms with Crippen molar-refractivity contribution in [3.8, 4) is 11.8 Å². The van der Waals surface area contributed by atoms with Crippen LogP contribution in [0.2, 0.25) is 0 Å². The summed E-state index contributed by atoms with van der Waals surface area (Å²) >= 11 is 0. The van der Waals surface area contributed by atoms with Gasteiger partial charge in [0.1, 0.15) is 12.4 Å². The number of aromatic nitrogens is 2. The molecule has 0 bridgehead atoms. The third-order valence-corrected chi connectivity index (χ3v) is 8.46. The summed E-state index contributed by atoms with van der Waals surface area (Å²) in [5.74, 6) is 2.22. The highest BCUT2D eigenvalue weighted by molar-refractivity contribution is 5.80. The monoisotopic (exact) mass is 565 g/mol. The molecule has 10 heteroatoms. The zero-order valence-corrected chi connectivity index (χ0v) is 24.4. The van der Waals surface area contributed by atoms with Gasteiger partial charge in [-0.25, -0.2) is 0 Å². The Bertz CT molecular complexity index is 1200. The summed E-state index contributed by atoms with van der Waals surface area (Å²) < 4.78 is 11.9. The number of hydrogen-bond donors (Lipinski definition) is 2. The van der Waals surface area contributed by atoms with Gasteiger partial charge in [-0.2, -0.15) is 9.97 Å². The number of benzene rings is 1. The molecular weight excluding hydrogens is 522 g/mol. The Balaban J connectivity index is 1.30. The summed E-state index contributed by atoms with van der Waals surface area (Å²) in [5, 5.41) is 12.9. The van der Waals surface area contributed by atoms with Crippen molar-refractivity contribution in [3.63, 3.8) is 0 Å². The number of carbonyl (C=O) groups is 2. The van der Waals surface area contributed by atoms with Crippen LogP contribution in [-0.4, -0.2) is 88.7 Å². The largest absolute Gasteiger partial charge is 0.481 e. The van der Waals surface area contributed by atoms with Gasteiger partial charge in [0.25, 0.3) is 0 Å². The quantitative estimate of drug-likeness (QED) is 0.452. The second-order valence-corrected chi connectivity index (χ2v) is 11.7. The third kappa shape index (κ3) is 6.98. The second-order valence-electron chi connectivity index (χ2n) is 11.7. The van der Waals surface area contributed by atoms with Gasteiger partial charge in [0, 0.05) is 56.5 Å². The molecule has 5 rings (SSSR count). The van der Waals surface area contributed by atoms with Gasteiger partial charge < -0.3 is 29.7 Å². The van der Waals surface area contributed by atoms with E-state index in [1.807, 2.05) is 36.9 Å². The van der Waals surface area contributed by atoms with E-state index in [1.54, 1.807) is 12.0 Å². The fourth-order valence-electron chi connectivity index (χ4n) is 6.03. The number of methoxy groups -OCH3 is 1. The van der Waals surface area contributed by atoms with Crippen LogP contribution in [0.5, 0.6) is 11.8 Å². The normalized spacial score (nSPS) is 21.7. The average Bonchev–Trinajstić information content (AvgIpc) is 3.85. The third-order valence-electron chi connectivity index (χ3n) is 8.46. The number of aliphatic hydroxyl groups excluding tert-OH is 1. The molecule has 2 aliphatic heterocycles. The number of nitrogens with zero attached hydrogens (tertiary/aromatic N) is 4. The number of ether oxygens (including phenoxy) is 2. The summed E-state index contributed by atoms with van der Waals surface area (Å²) in [7, 11) is 1.64. The number of carbonyl (C=O) groups excluding carboxylic acids is 2. The van der Waals surface area contributed by atoms with E-state index in [1.165, 1.54) is 5.56 Å². The molecule has 2 N–H and O–H groups in total. The van der Waals surface area contributed by atoms with E-state index in [2.05, 4.69) is 17.4 Å². The first-order valence-electron chi connectivity index (χ1n) is 14.9. The van der Waals surface area contributed by atoms with Crippen LogP contribution in [0.4, 0.5) is 0 Å². The van der Waals surface area contributed by atoms with Crippen molar-refractivity contribution < 1.29 is 24.2 Å². The molecule has 222 valence electrons. The molecule has 0 unspecified atom stereocenters. The standard InChI is InChI=1S/C31H43N5O5/c1-20(2)41-30-24(29(40-3)33-28(34-30)22-9-10-22)17-32-26-13-16-36(18-25(26)21-7-5-4-6-8-21)31(39)23-11-14-35(15-12-23)27(38)19-37/h4-8,20,22-23,25-26,32,37H,9-19H2,1-3H3/t25-,26-/m0/s1. The lowest BCUT2D eigenvalue weighted by Crippen LogP contribution is -2.52. The molecular formula is C31H43N5O5. The molecule has 1 aromatic heterocycles. The highest BCUT2D eigenvalue weighted by atomic mass is 16.5. The maximum absolute atomic E-state index is 13.6. The van der Waals surface area contributed by atoms with Crippen molar-refractivity contribution in [1.82, 2.24) is 25.1 Å². The maximum atomic E-state index is 13.6. The van der Waals surface area contributed by atoms with Gasteiger partial charge in [0.15, 0.2) is 0 Å². The summed E-state index contributed by atoms with van der Waals surface area (Å²) in [6, 6.07) is 10.5. The van der Waals surface area contributed by atoms with Crippen LogP contribution in [-0.2, 0) is 16.1 Å². The van der Waals surface area contributed by atoms with Gasteiger partial charge in [0.2, 0.25) is 23.6 Å². The zero-order chi connectivity index (χ0) is 28.9. The average molecular weight is 566 g/mol. The smallest absolute Gasteiger partial charge is 0.248 e. The minimum absolute atomic E-state index is 0.0275. The van der Waals surface area contributed by atoms with E-state index in [4.69, 9.17) is 19.4 Å². The molecule has 1 saturated carbocycles. The van der Waals surface area contributed by atoms with Crippen molar-refractivity contribution in [2.24, 2.45) is 5.92 Å². The van der Waals surface area contributed by atoms with E-state index in [9.17, 15) is 14.7 Å². The van der Waals surface area contributed by atoms with Crippen molar-refractivity contribution in [1.29, 1.82) is 0 Å². The summed E-state index contributed by atoms with van der Waals surface area (Å²) in [6.07, 6.45) is 4.23. The van der Waals surface area contributed by atoms with Gasteiger partial charge in [-0.1, -0.05) is 30.3 Å². The molecule has 3 heterocycles. The topological polar surface area (TPSA) is 117 Å². The predicted molar refractivity (Wildman–Crippen MR) is 154 cm³/mol. The molecule has 2 saturated heterocycles. The van der Waals surface area contributed by atoms with Crippen LogP contribution in [0.3, 0.4) is 0 Å². The predicted octanol–water partition coefficient (Wildman–Crippen LogP) is 2.86. The molecule has 3 aliphatic rings. The minimum atomic E-state index is -0.481. The Labute approximate surface area is 242 Å². The van der Waals surface area contributed by atoms with E-state index in [0.29, 0.717) is 63.2 Å². The van der Waals surface area contributed by atoms with Crippen LogP contribution in [0.25, 0.3) is 0 Å². The lowest BCUT2D eigenvalue weighted by Gasteiger charge is -2.42. The molecule has 1 aromatic carbocycles. The number of amides is 2. The van der Waals surface area contributed by atoms with Crippen molar-refractivity contribution >= 4 is 11.8 Å². The minimum Gasteiger partial charge on any atom is -0.481 e. The highest BCUT2D eigenvalue weighted by Gasteiger charge is 2.37. The molecule has 0 radical (unpaired) electrons. The van der Waals surface area contributed by atoms with Gasteiger partial charge in [-0.05, 0) is 51.5 Å². The van der Waals surface area contributed by atoms with Crippen LogP contribution in [0, 0.1) is 5.92 Å². The highest BCUT2D eigenvalue weighted by Crippen LogP contribution is 2.41. The van der Waals surface area contributed by atoms with Crippen LogP contribution in [0.15, 0.2) is 30.3 Å². The van der Waals surface area contributed by atoms with Gasteiger partial charge in [-0.3, -0.25) is 9.59 Å². The van der Waals surface area contributed by atoms with E-state index in [-0.39, 0.29) is 35.8 Å². The number of rotatable bonds is 10. The summed E-state index contributed by atoms with van der Waals surface area (Å²) in [6.45, 7) is 6.32. The number of hydrogen-bond acceptors (Lipinski definition) is 8. The summed E-state index contributed by atoms with van der Waals surface area (Å²) in [4.78, 5) is 38.6. The summed E-state index contributed by atoms with van der Waals surface area (Å²) in [5.41, 5.74) is 2.01. The zero-order valence-electron chi connectivity index (χ0n) is 24.4. The molecule has 2 aromatic rings. The van der Waals surface area contributed by atoms with Crippen LogP contribution >= 0.6 is 0 Å². The number of likely N-dealkylation sites (tertiary alicyclic amines) is 2. The fourth-order valence-corrected chi connectivity index (χ4v) is 6.03. The Morgan fingerprint density at radius 2 is 1.68 bits per heavy atom. The molecule has 3 fully saturated rings. The Kier molecular flexibility index (Phi) is 9.39. The number of piperidine rings is 2. The van der Waals surface area contributed by atoms with Gasteiger partial charge in [-0.15, -0.1) is 0 Å². The van der Waals surface area contributed by atoms with Gasteiger partial charge >= 0.3 is 0 Å². The van der Waals surface area contributed by atoms with Gasteiger partial charge in [0.05, 0.1) is 18.8 Å². The van der Waals surface area contributed by atoms with E-state index >= 15 is 0 Å². The Morgan fingerprint density at radius 1 is 1.00 bits per heavy atom. The first-order valence-corrected chi connectivity index (χ1v) is 14.9. The SMILES string of the molecule is COc1nc(C2CC2)nc(OC(C)C)c1CN[C@H]1CCN(C(=O)C2CCN(C(=O)CO)CC2)C[C@H]1c1ccccc1. The lowest BCUT2D eigenvalue weighted by molar-refractivity contribution is -0.142. The van der Waals surface area contributed by atoms with E-state index in [0.717, 1.165) is 30.7 Å².